The van der Waals surface area contributed by atoms with Crippen LogP contribution in [-0.4, -0.2) is 37.0 Å². The van der Waals surface area contributed by atoms with E-state index in [9.17, 15) is 9.18 Å². The fraction of sp³-hybridized carbons (Fsp3) is 0.533. The summed E-state index contributed by atoms with van der Waals surface area (Å²) in [5, 5.41) is 3.20. The van der Waals surface area contributed by atoms with Crippen LogP contribution in [0.25, 0.3) is 0 Å². The van der Waals surface area contributed by atoms with Crippen molar-refractivity contribution in [2.24, 2.45) is 5.73 Å². The summed E-state index contributed by atoms with van der Waals surface area (Å²) in [7, 11) is 2.08. The van der Waals surface area contributed by atoms with Crippen molar-refractivity contribution in [1.82, 2.24) is 10.2 Å². The fourth-order valence-corrected chi connectivity index (χ4v) is 1.85. The number of halogens is 1. The summed E-state index contributed by atoms with van der Waals surface area (Å²) in [6.07, 6.45) is 1.11. The average Bonchev–Trinajstić information content (AvgIpc) is 2.43. The molecule has 0 aliphatic carbocycles. The normalized spacial score (nSPS) is 12.7. The van der Waals surface area contributed by atoms with Crippen molar-refractivity contribution in [2.75, 3.05) is 20.1 Å². The molecule has 0 bridgehead atoms. The van der Waals surface area contributed by atoms with Crippen LogP contribution in [0.15, 0.2) is 18.2 Å². The zero-order valence-corrected chi connectivity index (χ0v) is 12.4. The number of carbonyl (C=O) groups excluding carboxylic acids is 1. The van der Waals surface area contributed by atoms with Crippen LogP contribution in [0.2, 0.25) is 0 Å². The molecular weight excluding hydrogens is 257 g/mol. The minimum Gasteiger partial charge on any atom is -0.366 e. The van der Waals surface area contributed by atoms with Gasteiger partial charge >= 0.3 is 0 Å². The minimum absolute atomic E-state index is 0.197. The number of rotatable bonds is 8. The molecule has 5 heteroatoms. The van der Waals surface area contributed by atoms with Gasteiger partial charge in [-0.25, -0.2) is 4.39 Å². The Bertz CT molecular complexity index is 451. The Morgan fingerprint density at radius 1 is 1.50 bits per heavy atom. The quantitative estimate of drug-likeness (QED) is 0.714. The van der Waals surface area contributed by atoms with Gasteiger partial charge in [0.2, 0.25) is 5.91 Å². The van der Waals surface area contributed by atoms with Gasteiger partial charge in [-0.15, -0.1) is 0 Å². The summed E-state index contributed by atoms with van der Waals surface area (Å²) in [6, 6.07) is 4.88. The van der Waals surface area contributed by atoms with Crippen molar-refractivity contribution in [3.8, 4) is 0 Å². The van der Waals surface area contributed by atoms with Gasteiger partial charge in [-0.2, -0.15) is 0 Å². The number of nitrogens with zero attached hydrogens (tertiary/aromatic N) is 1. The molecule has 112 valence electrons. The number of carbonyl (C=O) groups is 1. The Morgan fingerprint density at radius 2 is 2.20 bits per heavy atom. The molecule has 1 atom stereocenters. The highest BCUT2D eigenvalue weighted by Crippen LogP contribution is 2.10. The van der Waals surface area contributed by atoms with E-state index in [1.54, 1.807) is 12.1 Å². The maximum Gasteiger partial charge on any atom is 0.248 e. The molecular formula is C15H24FN3O. The van der Waals surface area contributed by atoms with E-state index in [1.807, 2.05) is 0 Å². The second-order valence-corrected chi connectivity index (χ2v) is 5.09. The molecule has 0 aliphatic heterocycles. The van der Waals surface area contributed by atoms with E-state index >= 15 is 0 Å². The van der Waals surface area contributed by atoms with Crippen LogP contribution in [0.5, 0.6) is 0 Å². The topological polar surface area (TPSA) is 58.4 Å². The van der Waals surface area contributed by atoms with Gasteiger partial charge in [-0.1, -0.05) is 13.0 Å². The van der Waals surface area contributed by atoms with Crippen molar-refractivity contribution in [2.45, 2.75) is 32.9 Å². The Hall–Kier alpha value is -1.46. The lowest BCUT2D eigenvalue weighted by molar-refractivity contribution is 0.1000. The summed E-state index contributed by atoms with van der Waals surface area (Å²) >= 11 is 0. The van der Waals surface area contributed by atoms with Crippen molar-refractivity contribution in [3.63, 3.8) is 0 Å². The van der Waals surface area contributed by atoms with Gasteiger partial charge < -0.3 is 16.0 Å². The lowest BCUT2D eigenvalue weighted by atomic mass is 10.1. The molecule has 1 rings (SSSR count). The lowest BCUT2D eigenvalue weighted by Gasteiger charge is -2.23. The van der Waals surface area contributed by atoms with E-state index in [2.05, 4.69) is 31.1 Å². The molecule has 1 amide bonds. The molecule has 0 radical (unpaired) electrons. The van der Waals surface area contributed by atoms with Gasteiger partial charge in [0.25, 0.3) is 0 Å². The lowest BCUT2D eigenvalue weighted by Crippen LogP contribution is -2.34. The van der Waals surface area contributed by atoms with Crippen LogP contribution in [0, 0.1) is 5.82 Å². The summed E-state index contributed by atoms with van der Waals surface area (Å²) in [4.78, 5) is 13.2. The van der Waals surface area contributed by atoms with Crippen molar-refractivity contribution in [3.05, 3.63) is 35.1 Å². The minimum atomic E-state index is -0.612. The Morgan fingerprint density at radius 3 is 2.75 bits per heavy atom. The van der Waals surface area contributed by atoms with Crippen LogP contribution in [0.4, 0.5) is 4.39 Å². The van der Waals surface area contributed by atoms with E-state index in [1.165, 1.54) is 6.07 Å². The van der Waals surface area contributed by atoms with Crippen LogP contribution >= 0.6 is 0 Å². The van der Waals surface area contributed by atoms with Crippen molar-refractivity contribution in [1.29, 1.82) is 0 Å². The Kier molecular flexibility index (Phi) is 6.61. The van der Waals surface area contributed by atoms with Crippen LogP contribution in [0.1, 0.15) is 36.2 Å². The number of primary amides is 1. The summed E-state index contributed by atoms with van der Waals surface area (Å²) in [6.45, 7) is 6.49. The zero-order valence-electron chi connectivity index (χ0n) is 12.4. The third-order valence-electron chi connectivity index (χ3n) is 3.64. The molecule has 0 fully saturated rings. The molecule has 1 aromatic carbocycles. The van der Waals surface area contributed by atoms with Crippen molar-refractivity contribution < 1.29 is 9.18 Å². The number of likely N-dealkylation sites (N-methyl/N-ethyl adjacent to an activating group) is 1. The fourth-order valence-electron chi connectivity index (χ4n) is 1.85. The number of nitrogens with one attached hydrogen (secondary N) is 1. The molecule has 0 aliphatic rings. The number of hydrogen-bond donors (Lipinski definition) is 2. The molecule has 0 saturated carbocycles. The predicted octanol–water partition coefficient (Wildman–Crippen LogP) is 1.74. The first-order chi connectivity index (χ1) is 9.45. The number of benzene rings is 1. The van der Waals surface area contributed by atoms with E-state index in [0.717, 1.165) is 19.5 Å². The van der Waals surface area contributed by atoms with E-state index in [4.69, 9.17) is 5.73 Å². The van der Waals surface area contributed by atoms with Crippen molar-refractivity contribution >= 4 is 5.91 Å². The Balaban J connectivity index is 2.41. The Labute approximate surface area is 120 Å². The largest absolute Gasteiger partial charge is 0.366 e. The van der Waals surface area contributed by atoms with E-state index in [0.29, 0.717) is 18.2 Å². The van der Waals surface area contributed by atoms with Crippen LogP contribution in [0.3, 0.4) is 0 Å². The van der Waals surface area contributed by atoms with Crippen LogP contribution < -0.4 is 11.1 Å². The van der Waals surface area contributed by atoms with Crippen LogP contribution in [-0.2, 0) is 6.54 Å². The SMILES string of the molecule is CCC(C)N(C)CCNCc1ccc(C(N)=O)cc1F. The standard InChI is InChI=1S/C15H24FN3O/c1-4-11(2)19(3)8-7-18-10-13-6-5-12(15(17)20)9-14(13)16/h5-6,9,11,18H,4,7-8,10H2,1-3H3,(H2,17,20). The predicted molar refractivity (Wildman–Crippen MR) is 79.0 cm³/mol. The molecule has 20 heavy (non-hydrogen) atoms. The number of nitrogens with two attached hydrogens (primary N) is 1. The maximum absolute atomic E-state index is 13.7. The summed E-state index contributed by atoms with van der Waals surface area (Å²) in [5.74, 6) is -1.01. The summed E-state index contributed by atoms with van der Waals surface area (Å²) in [5.41, 5.74) is 5.84. The molecule has 3 N–H and O–H groups in total. The molecule has 4 nitrogen and oxygen atoms in total. The average molecular weight is 281 g/mol. The van der Waals surface area contributed by atoms with Gasteiger partial charge in [-0.3, -0.25) is 4.79 Å². The van der Waals surface area contributed by atoms with Gasteiger partial charge in [0.05, 0.1) is 0 Å². The number of hydrogen-bond acceptors (Lipinski definition) is 3. The first kappa shape index (κ1) is 16.6. The molecule has 0 saturated heterocycles. The highest BCUT2D eigenvalue weighted by molar-refractivity contribution is 5.92. The molecule has 0 aromatic heterocycles. The van der Waals surface area contributed by atoms with Gasteiger partial charge in [0.1, 0.15) is 5.82 Å². The van der Waals surface area contributed by atoms with E-state index in [-0.39, 0.29) is 5.56 Å². The molecule has 0 spiro atoms. The third-order valence-corrected chi connectivity index (χ3v) is 3.64. The maximum atomic E-state index is 13.7. The van der Waals surface area contributed by atoms with Gasteiger partial charge in [-0.05, 0) is 32.5 Å². The summed E-state index contributed by atoms with van der Waals surface area (Å²) < 4.78 is 13.7. The van der Waals surface area contributed by atoms with Gasteiger partial charge in [0.15, 0.2) is 0 Å². The smallest absolute Gasteiger partial charge is 0.248 e. The van der Waals surface area contributed by atoms with Gasteiger partial charge in [0, 0.05) is 36.8 Å². The number of amides is 1. The zero-order chi connectivity index (χ0) is 15.1. The third kappa shape index (κ3) is 4.90. The second-order valence-electron chi connectivity index (χ2n) is 5.09. The molecule has 1 unspecified atom stereocenters. The molecule has 1 aromatic rings. The monoisotopic (exact) mass is 281 g/mol. The second kappa shape index (κ2) is 7.97. The molecule has 0 heterocycles. The highest BCUT2D eigenvalue weighted by atomic mass is 19.1. The highest BCUT2D eigenvalue weighted by Gasteiger charge is 2.08. The van der Waals surface area contributed by atoms with E-state index < -0.39 is 11.7 Å². The first-order valence-electron chi connectivity index (χ1n) is 6.94. The first-order valence-corrected chi connectivity index (χ1v) is 6.94.